The minimum atomic E-state index is -0.573. The number of hydrogen-bond acceptors (Lipinski definition) is 4. The number of hydrazone groups is 1. The van der Waals surface area contributed by atoms with Crippen LogP contribution >= 0.6 is 0 Å². The van der Waals surface area contributed by atoms with E-state index in [1.165, 1.54) is 42.6 Å². The third kappa shape index (κ3) is 3.93. The molecule has 0 aromatic heterocycles. The molecule has 0 bridgehead atoms. The van der Waals surface area contributed by atoms with Gasteiger partial charge in [0.05, 0.1) is 11.1 Å². The van der Waals surface area contributed by atoms with E-state index in [1.807, 2.05) is 0 Å². The Balaban J connectivity index is 2.04. The van der Waals surface area contributed by atoms with E-state index in [0.29, 0.717) is 5.56 Å². The number of halogens is 1. The van der Waals surface area contributed by atoms with Crippen LogP contribution in [-0.2, 0) is 0 Å². The Bertz CT molecular complexity index is 716. The Hall–Kier alpha value is -3.09. The third-order valence-corrected chi connectivity index (χ3v) is 2.55. The van der Waals surface area contributed by atoms with Gasteiger partial charge in [-0.05, 0) is 18.2 Å². The Morgan fingerprint density at radius 1 is 1.24 bits per heavy atom. The molecule has 2 aromatic carbocycles. The summed E-state index contributed by atoms with van der Waals surface area (Å²) in [6, 6.07) is 10.9. The van der Waals surface area contributed by atoms with Crippen LogP contribution in [0, 0.1) is 15.9 Å². The predicted molar refractivity (Wildman–Crippen MR) is 74.6 cm³/mol. The molecule has 0 spiro atoms. The second-order valence-corrected chi connectivity index (χ2v) is 4.06. The van der Waals surface area contributed by atoms with Crippen molar-refractivity contribution in [3.8, 4) is 0 Å². The summed E-state index contributed by atoms with van der Waals surface area (Å²) in [6.07, 6.45) is 1.27. The average molecular weight is 287 g/mol. The molecule has 0 atom stereocenters. The molecule has 0 unspecified atom stereocenters. The van der Waals surface area contributed by atoms with Crippen molar-refractivity contribution >= 4 is 17.8 Å². The maximum absolute atomic E-state index is 13.0. The molecule has 0 aliphatic rings. The van der Waals surface area contributed by atoms with Gasteiger partial charge in [-0.15, -0.1) is 0 Å². The summed E-state index contributed by atoms with van der Waals surface area (Å²) in [7, 11) is 0. The van der Waals surface area contributed by atoms with E-state index >= 15 is 0 Å². The zero-order chi connectivity index (χ0) is 15.2. The van der Waals surface area contributed by atoms with E-state index in [2.05, 4.69) is 10.5 Å². The molecule has 0 saturated carbocycles. The highest BCUT2D eigenvalue weighted by molar-refractivity contribution is 5.94. The fourth-order valence-electron chi connectivity index (χ4n) is 1.58. The molecule has 2 aromatic rings. The molecule has 1 N–H and O–H groups in total. The van der Waals surface area contributed by atoms with Crippen LogP contribution in [0.5, 0.6) is 0 Å². The van der Waals surface area contributed by atoms with Crippen molar-refractivity contribution in [2.45, 2.75) is 0 Å². The lowest BCUT2D eigenvalue weighted by atomic mass is 10.2. The number of carbonyl (C=O) groups is 1. The van der Waals surface area contributed by atoms with Gasteiger partial charge in [-0.25, -0.2) is 9.82 Å². The fraction of sp³-hybridized carbons (Fsp3) is 0. The van der Waals surface area contributed by atoms with Crippen molar-refractivity contribution in [2.75, 3.05) is 0 Å². The molecule has 6 nitrogen and oxygen atoms in total. The first-order valence-electron chi connectivity index (χ1n) is 5.90. The molecule has 106 valence electrons. The van der Waals surface area contributed by atoms with E-state index < -0.39 is 16.6 Å². The van der Waals surface area contributed by atoms with Gasteiger partial charge in [0.2, 0.25) is 0 Å². The number of benzene rings is 2. The fourth-order valence-corrected chi connectivity index (χ4v) is 1.58. The Morgan fingerprint density at radius 2 is 2.00 bits per heavy atom. The number of non-ortho nitro benzene ring substituents is 1. The second-order valence-electron chi connectivity index (χ2n) is 4.06. The molecule has 0 aliphatic heterocycles. The number of hydrogen-bond donors (Lipinski definition) is 1. The first-order chi connectivity index (χ1) is 10.1. The summed E-state index contributed by atoms with van der Waals surface area (Å²) >= 11 is 0. The highest BCUT2D eigenvalue weighted by atomic mass is 19.1. The van der Waals surface area contributed by atoms with Gasteiger partial charge >= 0.3 is 0 Å². The minimum absolute atomic E-state index is 0.0737. The molecule has 21 heavy (non-hydrogen) atoms. The summed E-state index contributed by atoms with van der Waals surface area (Å²) in [4.78, 5) is 21.7. The molecule has 0 fully saturated rings. The van der Waals surface area contributed by atoms with E-state index in [0.717, 1.165) is 6.07 Å². The molecular formula is C14H10FN3O3. The van der Waals surface area contributed by atoms with Gasteiger partial charge in [-0.1, -0.05) is 18.2 Å². The lowest BCUT2D eigenvalue weighted by Gasteiger charge is -1.99. The topological polar surface area (TPSA) is 84.6 Å². The monoisotopic (exact) mass is 287 g/mol. The van der Waals surface area contributed by atoms with Crippen molar-refractivity contribution in [3.05, 3.63) is 75.6 Å². The Morgan fingerprint density at radius 3 is 2.71 bits per heavy atom. The first kappa shape index (κ1) is 14.3. The summed E-state index contributed by atoms with van der Waals surface area (Å²) in [5.41, 5.74) is 2.74. The van der Waals surface area contributed by atoms with E-state index in [-0.39, 0.29) is 11.3 Å². The third-order valence-electron chi connectivity index (χ3n) is 2.55. The summed E-state index contributed by atoms with van der Waals surface area (Å²) in [6.45, 7) is 0. The molecule has 7 heteroatoms. The van der Waals surface area contributed by atoms with Crippen LogP contribution < -0.4 is 5.43 Å². The molecule has 2 rings (SSSR count). The Kier molecular flexibility index (Phi) is 4.35. The Labute approximate surface area is 119 Å². The molecule has 0 aliphatic carbocycles. The summed E-state index contributed by atoms with van der Waals surface area (Å²) in [5, 5.41) is 14.3. The summed E-state index contributed by atoms with van der Waals surface area (Å²) < 4.78 is 13.0. The maximum Gasteiger partial charge on any atom is 0.271 e. The normalized spacial score (nSPS) is 10.5. The largest absolute Gasteiger partial charge is 0.271 e. The summed E-state index contributed by atoms with van der Waals surface area (Å²) in [5.74, 6) is -1.10. The number of amides is 1. The van der Waals surface area contributed by atoms with Crippen molar-refractivity contribution in [2.24, 2.45) is 5.10 Å². The van der Waals surface area contributed by atoms with Crippen LogP contribution in [0.4, 0.5) is 10.1 Å². The van der Waals surface area contributed by atoms with Gasteiger partial charge in [-0.2, -0.15) is 5.10 Å². The SMILES string of the molecule is O=C(N/N=C\c1cccc([N+](=O)[O-])c1)c1cccc(F)c1. The van der Waals surface area contributed by atoms with E-state index in [1.54, 1.807) is 6.07 Å². The van der Waals surface area contributed by atoms with Crippen LogP contribution in [0.3, 0.4) is 0 Å². The average Bonchev–Trinajstić information content (AvgIpc) is 2.47. The standard InChI is InChI=1S/C14H10FN3O3/c15-12-5-2-4-11(8-12)14(19)17-16-9-10-3-1-6-13(7-10)18(20)21/h1-9H,(H,17,19)/b16-9-. The molecule has 0 saturated heterocycles. The van der Waals surface area contributed by atoms with Gasteiger partial charge in [0, 0.05) is 23.3 Å². The smallest absolute Gasteiger partial charge is 0.267 e. The van der Waals surface area contributed by atoms with Gasteiger partial charge < -0.3 is 0 Å². The maximum atomic E-state index is 13.0. The number of carbonyl (C=O) groups excluding carboxylic acids is 1. The lowest BCUT2D eigenvalue weighted by Crippen LogP contribution is -2.17. The van der Waals surface area contributed by atoms with Crippen LogP contribution in [0.25, 0.3) is 0 Å². The zero-order valence-corrected chi connectivity index (χ0v) is 10.7. The van der Waals surface area contributed by atoms with Crippen LogP contribution in [-0.4, -0.2) is 17.0 Å². The quantitative estimate of drug-likeness (QED) is 0.532. The lowest BCUT2D eigenvalue weighted by molar-refractivity contribution is -0.384. The second kappa shape index (κ2) is 6.38. The predicted octanol–water partition coefficient (Wildman–Crippen LogP) is 2.50. The number of rotatable bonds is 4. The number of nitro benzene ring substituents is 1. The molecule has 0 radical (unpaired) electrons. The molecule has 1 amide bonds. The zero-order valence-electron chi connectivity index (χ0n) is 10.7. The van der Waals surface area contributed by atoms with Crippen LogP contribution in [0.1, 0.15) is 15.9 Å². The van der Waals surface area contributed by atoms with Crippen LogP contribution in [0.2, 0.25) is 0 Å². The van der Waals surface area contributed by atoms with E-state index in [4.69, 9.17) is 0 Å². The van der Waals surface area contributed by atoms with Crippen molar-refractivity contribution in [1.82, 2.24) is 5.43 Å². The van der Waals surface area contributed by atoms with Gasteiger partial charge in [0.15, 0.2) is 0 Å². The van der Waals surface area contributed by atoms with Crippen molar-refractivity contribution in [3.63, 3.8) is 0 Å². The molecule has 0 heterocycles. The van der Waals surface area contributed by atoms with Gasteiger partial charge in [0.25, 0.3) is 11.6 Å². The number of nitrogens with one attached hydrogen (secondary N) is 1. The van der Waals surface area contributed by atoms with E-state index in [9.17, 15) is 19.3 Å². The highest BCUT2D eigenvalue weighted by Crippen LogP contribution is 2.11. The number of nitrogens with zero attached hydrogens (tertiary/aromatic N) is 2. The van der Waals surface area contributed by atoms with Gasteiger partial charge in [-0.3, -0.25) is 14.9 Å². The molecular weight excluding hydrogens is 277 g/mol. The van der Waals surface area contributed by atoms with Crippen LogP contribution in [0.15, 0.2) is 53.6 Å². The minimum Gasteiger partial charge on any atom is -0.267 e. The number of nitro groups is 1. The van der Waals surface area contributed by atoms with Crippen molar-refractivity contribution in [1.29, 1.82) is 0 Å². The van der Waals surface area contributed by atoms with Gasteiger partial charge in [0.1, 0.15) is 5.82 Å². The first-order valence-corrected chi connectivity index (χ1v) is 5.90. The van der Waals surface area contributed by atoms with Crippen molar-refractivity contribution < 1.29 is 14.1 Å². The highest BCUT2D eigenvalue weighted by Gasteiger charge is 2.06.